The molecule has 110 valence electrons. The van der Waals surface area contributed by atoms with Crippen molar-refractivity contribution >= 4 is 34.4 Å². The summed E-state index contributed by atoms with van der Waals surface area (Å²) < 4.78 is 10.8. The molecule has 0 amide bonds. The third-order valence-electron chi connectivity index (χ3n) is 3.20. The van der Waals surface area contributed by atoms with Crippen molar-refractivity contribution in [1.82, 2.24) is 0 Å². The number of ether oxygens (including phenoxy) is 2. The molecule has 0 aliphatic heterocycles. The predicted molar refractivity (Wildman–Crippen MR) is 83.3 cm³/mol. The predicted octanol–water partition coefficient (Wildman–Crippen LogP) is 4.00. The fourth-order valence-electron chi connectivity index (χ4n) is 2.19. The number of carboxylic acids is 1. The zero-order valence-electron chi connectivity index (χ0n) is 11.9. The van der Waals surface area contributed by atoms with E-state index in [0.717, 1.165) is 10.8 Å². The van der Waals surface area contributed by atoms with Gasteiger partial charge in [-0.25, -0.2) is 4.79 Å². The Hall–Kier alpha value is -2.20. The molecule has 0 atom stereocenters. The number of carboxylic acid groups (broad SMARTS) is 1. The molecule has 2 aromatic rings. The molecular formula is C16H15ClO4. The molecule has 0 radical (unpaired) electrons. The second-order valence-corrected chi connectivity index (χ2v) is 4.85. The molecule has 0 spiro atoms. The van der Waals surface area contributed by atoms with Gasteiger partial charge < -0.3 is 14.6 Å². The second-order valence-electron chi connectivity index (χ2n) is 4.47. The zero-order chi connectivity index (χ0) is 15.6. The first-order chi connectivity index (χ1) is 10.0. The summed E-state index contributed by atoms with van der Waals surface area (Å²) in [6, 6.07) is 7.49. The van der Waals surface area contributed by atoms with Crippen LogP contribution in [0, 0.1) is 0 Å². The van der Waals surface area contributed by atoms with Gasteiger partial charge in [-0.1, -0.05) is 35.9 Å². The van der Waals surface area contributed by atoms with Crippen LogP contribution in [0.1, 0.15) is 12.5 Å². The van der Waals surface area contributed by atoms with Gasteiger partial charge in [0, 0.05) is 21.9 Å². The molecule has 0 aliphatic rings. The Bertz CT molecular complexity index is 735. The highest BCUT2D eigenvalue weighted by atomic mass is 35.5. The summed E-state index contributed by atoms with van der Waals surface area (Å²) >= 11 is 6.38. The normalized spacial score (nSPS) is 11.5. The van der Waals surface area contributed by atoms with Gasteiger partial charge >= 0.3 is 5.97 Å². The Labute approximate surface area is 127 Å². The SMILES string of the molecule is COc1c(Cl)c(/C=C(/C)C(=O)O)c(OC)c2ccccc12. The fourth-order valence-corrected chi connectivity index (χ4v) is 2.51. The third-order valence-corrected chi connectivity index (χ3v) is 3.58. The molecular weight excluding hydrogens is 292 g/mol. The average Bonchev–Trinajstić information content (AvgIpc) is 2.48. The molecule has 2 aromatic carbocycles. The van der Waals surface area contributed by atoms with Gasteiger partial charge in [0.25, 0.3) is 0 Å². The molecule has 0 aliphatic carbocycles. The van der Waals surface area contributed by atoms with Crippen LogP contribution in [0.5, 0.6) is 11.5 Å². The third kappa shape index (κ3) is 2.67. The molecule has 0 fully saturated rings. The van der Waals surface area contributed by atoms with E-state index in [4.69, 9.17) is 26.2 Å². The maximum absolute atomic E-state index is 11.0. The van der Waals surface area contributed by atoms with Gasteiger partial charge in [-0.15, -0.1) is 0 Å². The summed E-state index contributed by atoms with van der Waals surface area (Å²) in [4.78, 5) is 11.0. The maximum Gasteiger partial charge on any atom is 0.331 e. The molecule has 0 bridgehead atoms. The van der Waals surface area contributed by atoms with Crippen molar-refractivity contribution in [3.8, 4) is 11.5 Å². The van der Waals surface area contributed by atoms with Crippen molar-refractivity contribution in [3.05, 3.63) is 40.4 Å². The maximum atomic E-state index is 11.0. The van der Waals surface area contributed by atoms with Gasteiger partial charge in [-0.3, -0.25) is 0 Å². The first kappa shape index (κ1) is 15.2. The van der Waals surface area contributed by atoms with Crippen LogP contribution in [-0.2, 0) is 4.79 Å². The number of carbonyl (C=O) groups is 1. The molecule has 0 saturated heterocycles. The van der Waals surface area contributed by atoms with Crippen molar-refractivity contribution in [2.45, 2.75) is 6.92 Å². The van der Waals surface area contributed by atoms with Crippen LogP contribution in [0.2, 0.25) is 5.02 Å². The lowest BCUT2D eigenvalue weighted by atomic mass is 10.0. The van der Waals surface area contributed by atoms with Crippen molar-refractivity contribution in [3.63, 3.8) is 0 Å². The fraction of sp³-hybridized carbons (Fsp3) is 0.188. The van der Waals surface area contributed by atoms with Crippen molar-refractivity contribution in [1.29, 1.82) is 0 Å². The lowest BCUT2D eigenvalue weighted by Crippen LogP contribution is -1.99. The number of hydrogen-bond donors (Lipinski definition) is 1. The highest BCUT2D eigenvalue weighted by Gasteiger charge is 2.19. The van der Waals surface area contributed by atoms with Crippen LogP contribution < -0.4 is 9.47 Å². The number of benzene rings is 2. The van der Waals surface area contributed by atoms with Gasteiger partial charge in [0.05, 0.1) is 19.2 Å². The Morgan fingerprint density at radius 2 is 1.67 bits per heavy atom. The summed E-state index contributed by atoms with van der Waals surface area (Å²) in [5.74, 6) is 0.00903. The topological polar surface area (TPSA) is 55.8 Å². The van der Waals surface area contributed by atoms with E-state index in [1.54, 1.807) is 0 Å². The van der Waals surface area contributed by atoms with Crippen molar-refractivity contribution < 1.29 is 19.4 Å². The summed E-state index contributed by atoms with van der Waals surface area (Å²) in [6.45, 7) is 1.50. The number of halogens is 1. The zero-order valence-corrected chi connectivity index (χ0v) is 12.7. The van der Waals surface area contributed by atoms with E-state index in [9.17, 15) is 4.79 Å². The standard InChI is InChI=1S/C16H15ClO4/c1-9(16(18)19)8-12-13(17)15(21-3)11-7-5-4-6-10(11)14(12)20-2/h4-8H,1-3H3,(H,18,19)/b9-8-. The largest absolute Gasteiger partial charge is 0.495 e. The lowest BCUT2D eigenvalue weighted by Gasteiger charge is -2.16. The minimum atomic E-state index is -1.01. The van der Waals surface area contributed by atoms with Gasteiger partial charge in [0.1, 0.15) is 11.5 Å². The summed E-state index contributed by atoms with van der Waals surface area (Å²) in [7, 11) is 3.05. The van der Waals surface area contributed by atoms with E-state index in [2.05, 4.69) is 0 Å². The summed E-state index contributed by atoms with van der Waals surface area (Å²) in [6.07, 6.45) is 1.48. The first-order valence-electron chi connectivity index (χ1n) is 6.25. The van der Waals surface area contributed by atoms with Gasteiger partial charge in [0.15, 0.2) is 0 Å². The molecule has 0 saturated carbocycles. The van der Waals surface area contributed by atoms with Crippen LogP contribution in [0.4, 0.5) is 0 Å². The van der Waals surface area contributed by atoms with Crippen LogP contribution in [0.3, 0.4) is 0 Å². The number of hydrogen-bond acceptors (Lipinski definition) is 3. The Kier molecular flexibility index (Phi) is 4.38. The second kappa shape index (κ2) is 6.06. The molecule has 21 heavy (non-hydrogen) atoms. The smallest absolute Gasteiger partial charge is 0.331 e. The van der Waals surface area contributed by atoms with Crippen LogP contribution in [-0.4, -0.2) is 25.3 Å². The van der Waals surface area contributed by atoms with Gasteiger partial charge in [0.2, 0.25) is 0 Å². The highest BCUT2D eigenvalue weighted by Crippen LogP contribution is 2.44. The molecule has 5 heteroatoms. The van der Waals surface area contributed by atoms with Gasteiger partial charge in [-0.2, -0.15) is 0 Å². The molecule has 1 N–H and O–H groups in total. The summed E-state index contributed by atoms with van der Waals surface area (Å²) in [5.41, 5.74) is 0.655. The van der Waals surface area contributed by atoms with E-state index in [1.165, 1.54) is 27.2 Å². The number of aliphatic carboxylic acids is 1. The number of methoxy groups -OCH3 is 2. The van der Waals surface area contributed by atoms with E-state index < -0.39 is 5.97 Å². The first-order valence-corrected chi connectivity index (χ1v) is 6.62. The quantitative estimate of drug-likeness (QED) is 0.868. The van der Waals surface area contributed by atoms with Crippen LogP contribution in [0.15, 0.2) is 29.8 Å². The van der Waals surface area contributed by atoms with Crippen molar-refractivity contribution in [2.24, 2.45) is 0 Å². The number of rotatable bonds is 4. The Balaban J connectivity index is 2.90. The van der Waals surface area contributed by atoms with E-state index >= 15 is 0 Å². The lowest BCUT2D eigenvalue weighted by molar-refractivity contribution is -0.132. The highest BCUT2D eigenvalue weighted by molar-refractivity contribution is 6.35. The number of fused-ring (bicyclic) bond motifs is 1. The minimum Gasteiger partial charge on any atom is -0.495 e. The van der Waals surface area contributed by atoms with Crippen LogP contribution in [0.25, 0.3) is 16.8 Å². The molecule has 0 unspecified atom stereocenters. The molecule has 2 rings (SSSR count). The minimum absolute atomic E-state index is 0.160. The monoisotopic (exact) mass is 306 g/mol. The van der Waals surface area contributed by atoms with Crippen molar-refractivity contribution in [2.75, 3.05) is 14.2 Å². The van der Waals surface area contributed by atoms with Gasteiger partial charge in [-0.05, 0) is 13.0 Å². The van der Waals surface area contributed by atoms with E-state index in [-0.39, 0.29) is 5.57 Å². The average molecular weight is 307 g/mol. The van der Waals surface area contributed by atoms with E-state index in [1.807, 2.05) is 24.3 Å². The Morgan fingerprint density at radius 1 is 1.14 bits per heavy atom. The molecule has 0 heterocycles. The molecule has 0 aromatic heterocycles. The van der Waals surface area contributed by atoms with E-state index in [0.29, 0.717) is 22.1 Å². The summed E-state index contributed by atoms with van der Waals surface area (Å²) in [5, 5.41) is 11.0. The Morgan fingerprint density at radius 3 is 2.14 bits per heavy atom. The molecule has 4 nitrogen and oxygen atoms in total. The van der Waals surface area contributed by atoms with Crippen LogP contribution >= 0.6 is 11.6 Å².